The van der Waals surface area contributed by atoms with Gasteiger partial charge >= 0.3 is 5.69 Å². The molecule has 32 heavy (non-hydrogen) atoms. The third kappa shape index (κ3) is 4.44. The molecule has 4 rings (SSSR count). The van der Waals surface area contributed by atoms with Gasteiger partial charge in [0.15, 0.2) is 11.2 Å². The van der Waals surface area contributed by atoms with E-state index in [9.17, 15) is 14.7 Å². The summed E-state index contributed by atoms with van der Waals surface area (Å²) in [6.07, 6.45) is 1.59. The fraction of sp³-hybridized carbons (Fsp3) is 0.182. The third-order valence-corrected chi connectivity index (χ3v) is 4.84. The molecule has 0 radical (unpaired) electrons. The Morgan fingerprint density at radius 2 is 1.91 bits per heavy atom. The molecule has 2 aromatic carbocycles. The first kappa shape index (κ1) is 21.1. The predicted molar refractivity (Wildman–Crippen MR) is 121 cm³/mol. The summed E-state index contributed by atoms with van der Waals surface area (Å²) in [7, 11) is 1.51. The smallest absolute Gasteiger partial charge is 0.329 e. The summed E-state index contributed by atoms with van der Waals surface area (Å²) < 4.78 is 8.48. The second kappa shape index (κ2) is 9.31. The number of H-pyrrole nitrogens is 1. The van der Waals surface area contributed by atoms with Gasteiger partial charge in [0, 0.05) is 13.6 Å². The number of aromatic nitrogens is 4. The number of anilines is 1. The van der Waals surface area contributed by atoms with E-state index < -0.39 is 11.2 Å². The molecule has 2 aromatic heterocycles. The molecule has 0 bridgehead atoms. The Hall–Kier alpha value is -4.18. The van der Waals surface area contributed by atoms with Crippen LogP contribution in [0.3, 0.4) is 0 Å². The van der Waals surface area contributed by atoms with E-state index in [1.807, 2.05) is 54.6 Å². The first-order chi connectivity index (χ1) is 15.6. The van der Waals surface area contributed by atoms with Gasteiger partial charge in [0.05, 0.1) is 12.8 Å². The van der Waals surface area contributed by atoms with Crippen molar-refractivity contribution in [3.8, 4) is 5.75 Å². The molecular weight excluding hydrogens is 412 g/mol. The number of nitrogens with zero attached hydrogens (tertiary/aromatic N) is 4. The largest absolute Gasteiger partial charge is 0.489 e. The van der Waals surface area contributed by atoms with Crippen molar-refractivity contribution in [1.82, 2.24) is 19.1 Å². The van der Waals surface area contributed by atoms with Crippen molar-refractivity contribution in [1.29, 1.82) is 0 Å². The molecule has 0 saturated heterocycles. The minimum atomic E-state index is -0.577. The van der Waals surface area contributed by atoms with Gasteiger partial charge in [0.1, 0.15) is 12.4 Å². The van der Waals surface area contributed by atoms with Gasteiger partial charge in [0.25, 0.3) is 5.56 Å². The van der Waals surface area contributed by atoms with Crippen molar-refractivity contribution in [3.63, 3.8) is 0 Å². The van der Waals surface area contributed by atoms with Gasteiger partial charge in [-0.25, -0.2) is 10.2 Å². The number of rotatable bonds is 8. The molecule has 0 atom stereocenters. The first-order valence-electron chi connectivity index (χ1n) is 9.93. The summed E-state index contributed by atoms with van der Waals surface area (Å²) in [5.74, 6) is 0.976. The molecule has 0 fully saturated rings. The Bertz CT molecular complexity index is 1350. The Morgan fingerprint density at radius 1 is 1.16 bits per heavy atom. The molecule has 0 spiro atoms. The Labute approximate surface area is 182 Å². The number of aryl methyl sites for hydroxylation is 1. The molecule has 0 aliphatic carbocycles. The Morgan fingerprint density at radius 3 is 2.62 bits per heavy atom. The summed E-state index contributed by atoms with van der Waals surface area (Å²) in [5, 5.41) is 13.5. The van der Waals surface area contributed by atoms with E-state index in [1.54, 1.807) is 6.21 Å². The molecule has 2 heterocycles. The number of aliphatic hydroxyl groups is 1. The zero-order chi connectivity index (χ0) is 22.5. The van der Waals surface area contributed by atoms with Crippen LogP contribution >= 0.6 is 0 Å². The number of hydrazone groups is 1. The predicted octanol–water partition coefficient (Wildman–Crippen LogP) is 1.44. The number of aromatic amines is 1. The fourth-order valence-corrected chi connectivity index (χ4v) is 3.19. The van der Waals surface area contributed by atoms with Crippen LogP contribution in [0.2, 0.25) is 0 Å². The maximum atomic E-state index is 12.2. The molecule has 0 saturated carbocycles. The van der Waals surface area contributed by atoms with Crippen LogP contribution in [0, 0.1) is 0 Å². The lowest BCUT2D eigenvalue weighted by atomic mass is 10.2. The minimum Gasteiger partial charge on any atom is -0.489 e. The Kier molecular flexibility index (Phi) is 6.13. The van der Waals surface area contributed by atoms with Crippen LogP contribution in [0.5, 0.6) is 5.75 Å². The molecule has 4 aromatic rings. The average Bonchev–Trinajstić information content (AvgIpc) is 3.17. The number of ether oxygens (including phenoxy) is 1. The van der Waals surface area contributed by atoms with Crippen molar-refractivity contribution in [3.05, 3.63) is 86.6 Å². The van der Waals surface area contributed by atoms with Crippen LogP contribution in [-0.4, -0.2) is 37.0 Å². The first-order valence-corrected chi connectivity index (χ1v) is 9.93. The van der Waals surface area contributed by atoms with Crippen LogP contribution in [0.25, 0.3) is 11.2 Å². The molecule has 10 heteroatoms. The molecule has 164 valence electrons. The number of aliphatic hydroxyl groups excluding tert-OH is 1. The van der Waals surface area contributed by atoms with Crippen molar-refractivity contribution >= 4 is 23.3 Å². The average molecular weight is 434 g/mol. The van der Waals surface area contributed by atoms with E-state index in [2.05, 4.69) is 20.5 Å². The molecule has 0 unspecified atom stereocenters. The second-order valence-electron chi connectivity index (χ2n) is 7.01. The van der Waals surface area contributed by atoms with Gasteiger partial charge < -0.3 is 14.4 Å². The summed E-state index contributed by atoms with van der Waals surface area (Å²) in [4.78, 5) is 30.6. The molecule has 0 amide bonds. The van der Waals surface area contributed by atoms with E-state index in [4.69, 9.17) is 4.74 Å². The lowest BCUT2D eigenvalue weighted by Gasteiger charge is -2.06. The van der Waals surface area contributed by atoms with E-state index in [1.165, 1.54) is 16.2 Å². The highest BCUT2D eigenvalue weighted by Gasteiger charge is 2.16. The summed E-state index contributed by atoms with van der Waals surface area (Å²) >= 11 is 0. The maximum Gasteiger partial charge on any atom is 0.329 e. The SMILES string of the molecule is Cn1c(=O)[nH]c(=O)c2c1nc(N/N=C\c1ccc(OCc3ccccc3)cc1)n2CCO. The van der Waals surface area contributed by atoms with Crippen molar-refractivity contribution in [2.45, 2.75) is 13.2 Å². The van der Waals surface area contributed by atoms with Gasteiger partial charge in [0.2, 0.25) is 5.95 Å². The lowest BCUT2D eigenvalue weighted by molar-refractivity contribution is 0.278. The zero-order valence-corrected chi connectivity index (χ0v) is 17.4. The van der Waals surface area contributed by atoms with Crippen molar-refractivity contribution in [2.24, 2.45) is 12.1 Å². The molecular formula is C22H22N6O4. The van der Waals surface area contributed by atoms with Gasteiger partial charge in [-0.1, -0.05) is 30.3 Å². The lowest BCUT2D eigenvalue weighted by Crippen LogP contribution is -2.29. The summed E-state index contributed by atoms with van der Waals surface area (Å²) in [6, 6.07) is 17.3. The van der Waals surface area contributed by atoms with E-state index in [0.29, 0.717) is 6.61 Å². The number of hydrogen-bond donors (Lipinski definition) is 3. The highest BCUT2D eigenvalue weighted by molar-refractivity contribution is 5.80. The van der Waals surface area contributed by atoms with Crippen LogP contribution in [0.4, 0.5) is 5.95 Å². The molecule has 3 N–H and O–H groups in total. The minimum absolute atomic E-state index is 0.114. The molecule has 10 nitrogen and oxygen atoms in total. The number of nitrogens with one attached hydrogen (secondary N) is 2. The monoisotopic (exact) mass is 434 g/mol. The van der Waals surface area contributed by atoms with Crippen LogP contribution in [0.15, 0.2) is 69.3 Å². The van der Waals surface area contributed by atoms with E-state index in [0.717, 1.165) is 16.9 Å². The van der Waals surface area contributed by atoms with Crippen LogP contribution in [-0.2, 0) is 20.2 Å². The molecule has 0 aliphatic heterocycles. The summed E-state index contributed by atoms with van der Waals surface area (Å²) in [5.41, 5.74) is 3.92. The third-order valence-electron chi connectivity index (χ3n) is 4.84. The van der Waals surface area contributed by atoms with E-state index in [-0.39, 0.29) is 30.3 Å². The van der Waals surface area contributed by atoms with Gasteiger partial charge in [-0.05, 0) is 35.4 Å². The van der Waals surface area contributed by atoms with Gasteiger partial charge in [-0.15, -0.1) is 0 Å². The number of fused-ring (bicyclic) bond motifs is 1. The Balaban J connectivity index is 1.48. The van der Waals surface area contributed by atoms with Gasteiger partial charge in [-0.2, -0.15) is 10.1 Å². The molecule has 0 aliphatic rings. The van der Waals surface area contributed by atoms with Crippen molar-refractivity contribution in [2.75, 3.05) is 12.0 Å². The fourth-order valence-electron chi connectivity index (χ4n) is 3.19. The highest BCUT2D eigenvalue weighted by Crippen LogP contribution is 2.16. The number of hydrogen-bond acceptors (Lipinski definition) is 7. The van der Waals surface area contributed by atoms with Crippen molar-refractivity contribution < 1.29 is 9.84 Å². The summed E-state index contributed by atoms with van der Waals surface area (Å²) in [6.45, 7) is 0.387. The number of imidazole rings is 1. The number of benzene rings is 2. The quantitative estimate of drug-likeness (QED) is 0.285. The van der Waals surface area contributed by atoms with E-state index >= 15 is 0 Å². The zero-order valence-electron chi connectivity index (χ0n) is 17.4. The van der Waals surface area contributed by atoms with Gasteiger partial charge in [-0.3, -0.25) is 14.3 Å². The second-order valence-corrected chi connectivity index (χ2v) is 7.01. The topological polar surface area (TPSA) is 127 Å². The highest BCUT2D eigenvalue weighted by atomic mass is 16.5. The normalized spacial score (nSPS) is 11.3. The maximum absolute atomic E-state index is 12.2. The van der Waals surface area contributed by atoms with Crippen LogP contribution < -0.4 is 21.4 Å². The van der Waals surface area contributed by atoms with Crippen LogP contribution in [0.1, 0.15) is 11.1 Å². The standard InChI is InChI=1S/C22H22N6O4/c1-27-19-18(20(30)25-22(27)31)28(11-12-29)21(24-19)26-23-13-15-7-9-17(10-8-15)32-14-16-5-3-2-4-6-16/h2-10,13,29H,11-12,14H2,1H3,(H,24,26)(H,25,30,31)/b23-13-.